The zero-order valence-electron chi connectivity index (χ0n) is 30.2. The fraction of sp³-hybridized carbons (Fsp3) is 0.588. The third-order valence-electron chi connectivity index (χ3n) is 9.32. The summed E-state index contributed by atoms with van der Waals surface area (Å²) in [6, 6.07) is 7.29. The summed E-state index contributed by atoms with van der Waals surface area (Å²) in [4.78, 5) is 27.0. The van der Waals surface area contributed by atoms with Crippen LogP contribution in [-0.4, -0.2) is 170 Å². The van der Waals surface area contributed by atoms with Crippen LogP contribution in [0.15, 0.2) is 30.5 Å². The molecule has 0 aliphatic carbocycles. The molecule has 300 valence electrons. The van der Waals surface area contributed by atoms with Crippen LogP contribution in [0.5, 0.6) is 5.75 Å². The molecule has 0 spiro atoms. The van der Waals surface area contributed by atoms with Crippen molar-refractivity contribution in [2.24, 2.45) is 0 Å². The summed E-state index contributed by atoms with van der Waals surface area (Å²) in [5.74, 6) is 1.65. The van der Waals surface area contributed by atoms with Crippen molar-refractivity contribution >= 4 is 40.2 Å². The molecular weight excluding hydrogens is 712 g/mol. The first-order valence-corrected chi connectivity index (χ1v) is 17.7. The summed E-state index contributed by atoms with van der Waals surface area (Å²) in [5.41, 5.74) is 8.98. The van der Waals surface area contributed by atoms with Gasteiger partial charge in [0, 0.05) is 31.9 Å². The number of amides is 1. The van der Waals surface area contributed by atoms with Gasteiger partial charge in [-0.2, -0.15) is 0 Å². The van der Waals surface area contributed by atoms with Crippen molar-refractivity contribution in [2.75, 3.05) is 50.1 Å². The third-order valence-corrected chi connectivity index (χ3v) is 9.32. The van der Waals surface area contributed by atoms with Gasteiger partial charge in [0.25, 0.3) is 5.82 Å². The fourth-order valence-electron chi connectivity index (χ4n) is 6.34. The maximum Gasteiger partial charge on any atom is 0.277 e. The van der Waals surface area contributed by atoms with E-state index in [2.05, 4.69) is 19.5 Å². The number of aryl methyl sites for hydroxylation is 2. The fourth-order valence-corrected chi connectivity index (χ4v) is 6.34. The van der Waals surface area contributed by atoms with Crippen molar-refractivity contribution in [2.45, 2.75) is 88.7 Å². The Bertz CT molecular complexity index is 1760. The Labute approximate surface area is 310 Å². The van der Waals surface area contributed by atoms with E-state index in [-0.39, 0.29) is 50.8 Å². The summed E-state index contributed by atoms with van der Waals surface area (Å²) >= 11 is 0. The molecule has 4 aromatic rings. The average Bonchev–Trinajstić information content (AvgIpc) is 3.76. The number of ether oxygens (including phenoxy) is 1. The number of rotatable bonds is 23. The Morgan fingerprint density at radius 3 is 2.07 bits per heavy atom. The lowest BCUT2D eigenvalue weighted by Crippen LogP contribution is -2.53. The molecule has 0 bridgehead atoms. The molecule has 4 rings (SSSR count). The first kappa shape index (κ1) is 42.7. The maximum atomic E-state index is 12.4. The molecule has 0 saturated carbocycles. The number of carbonyl (C=O) groups excluding carboxylic acids is 1. The molecule has 1 aromatic carbocycles. The van der Waals surface area contributed by atoms with Crippen LogP contribution in [0.1, 0.15) is 26.1 Å². The average molecular weight is 766 g/mol. The molecule has 0 fully saturated rings. The van der Waals surface area contributed by atoms with E-state index in [1.165, 1.54) is 9.80 Å². The lowest BCUT2D eigenvalue weighted by Gasteiger charge is -2.33. The summed E-state index contributed by atoms with van der Waals surface area (Å²) in [7, 11) is 0. The van der Waals surface area contributed by atoms with E-state index < -0.39 is 62.0 Å². The number of nitrogen functional groups attached to an aromatic ring is 1. The molecular formula is C34H53N8O12+. The van der Waals surface area contributed by atoms with Crippen LogP contribution in [0.25, 0.3) is 22.2 Å². The molecule has 3 aromatic heterocycles. The molecule has 1 amide bonds. The Kier molecular flexibility index (Phi) is 15.4. The van der Waals surface area contributed by atoms with Crippen LogP contribution in [0.2, 0.25) is 0 Å². The molecule has 3 heterocycles. The van der Waals surface area contributed by atoms with Crippen LogP contribution < -0.4 is 19.9 Å². The molecule has 0 saturated heterocycles. The maximum absolute atomic E-state index is 12.4. The van der Waals surface area contributed by atoms with Crippen molar-refractivity contribution < 1.29 is 65.2 Å². The van der Waals surface area contributed by atoms with E-state index in [0.717, 1.165) is 16.9 Å². The molecule has 54 heavy (non-hydrogen) atoms. The normalized spacial score (nSPS) is 16.6. The van der Waals surface area contributed by atoms with Gasteiger partial charge in [-0.3, -0.25) is 14.6 Å². The second-order valence-electron chi connectivity index (χ2n) is 13.0. The highest BCUT2D eigenvalue weighted by molar-refractivity contribution is 5.84. The number of benzene rings is 1. The predicted octanol–water partition coefficient (Wildman–Crippen LogP) is -4.07. The summed E-state index contributed by atoms with van der Waals surface area (Å²) in [6.07, 6.45) is -11.8. The van der Waals surface area contributed by atoms with Crippen molar-refractivity contribution in [1.82, 2.24) is 24.4 Å². The minimum absolute atomic E-state index is 0.0977. The van der Waals surface area contributed by atoms with Gasteiger partial charge in [-0.15, -0.1) is 0 Å². The third kappa shape index (κ3) is 9.78. The van der Waals surface area contributed by atoms with Gasteiger partial charge in [0.1, 0.15) is 54.4 Å². The van der Waals surface area contributed by atoms with Crippen LogP contribution in [0.3, 0.4) is 0 Å². The van der Waals surface area contributed by atoms with E-state index >= 15 is 0 Å². The molecule has 13 N–H and O–H groups in total. The van der Waals surface area contributed by atoms with Crippen molar-refractivity contribution in [1.29, 1.82) is 0 Å². The number of aromatic nitrogens is 5. The van der Waals surface area contributed by atoms with Gasteiger partial charge in [-0.25, -0.2) is 19.1 Å². The highest BCUT2D eigenvalue weighted by atomic mass is 16.5. The number of nitrogens with two attached hydrogens (primary N) is 1. The van der Waals surface area contributed by atoms with Gasteiger partial charge in [0.2, 0.25) is 6.41 Å². The minimum Gasteiger partial charge on any atom is -0.493 e. The van der Waals surface area contributed by atoms with Gasteiger partial charge in [0.05, 0.1) is 45.1 Å². The number of anilines is 2. The van der Waals surface area contributed by atoms with Gasteiger partial charge in [-0.05, 0) is 38.5 Å². The van der Waals surface area contributed by atoms with Gasteiger partial charge in [0.15, 0.2) is 28.3 Å². The van der Waals surface area contributed by atoms with Crippen LogP contribution in [0.4, 0.5) is 11.6 Å². The van der Waals surface area contributed by atoms with Crippen molar-refractivity contribution in [3.8, 4) is 5.75 Å². The molecule has 0 aliphatic heterocycles. The van der Waals surface area contributed by atoms with E-state index in [1.807, 2.05) is 30.5 Å². The SMILES string of the molecule is CCn1c(CN(C=O)c2nc3cc[nH]c3nc2N)[n+](CC)c2ccc(OCCCN(C[C@H](O)[C@@H](O)[C@H](O)[C@H](O)CO)C[C@H](O)[C@@H](O)[C@H](O)[C@H](O)CO)cc21. The summed E-state index contributed by atoms with van der Waals surface area (Å²) in [5, 5.41) is 99.7. The zero-order chi connectivity index (χ0) is 39.7. The Balaban J connectivity index is 1.49. The number of nitrogens with zero attached hydrogens (tertiary/aromatic N) is 6. The number of aromatic amines is 1. The largest absolute Gasteiger partial charge is 0.493 e. The zero-order valence-corrected chi connectivity index (χ0v) is 30.2. The van der Waals surface area contributed by atoms with Crippen molar-refractivity contribution in [3.63, 3.8) is 0 Å². The quantitative estimate of drug-likeness (QED) is 0.0194. The lowest BCUT2D eigenvalue weighted by molar-refractivity contribution is -0.676. The van der Waals surface area contributed by atoms with Gasteiger partial charge >= 0.3 is 0 Å². The monoisotopic (exact) mass is 765 g/mol. The molecule has 20 heteroatoms. The minimum atomic E-state index is -1.89. The number of hydrogen-bond acceptors (Lipinski definition) is 16. The molecule has 0 radical (unpaired) electrons. The van der Waals surface area contributed by atoms with Gasteiger partial charge < -0.3 is 66.5 Å². The first-order chi connectivity index (χ1) is 25.8. The Morgan fingerprint density at radius 2 is 1.52 bits per heavy atom. The summed E-state index contributed by atoms with van der Waals surface area (Å²) in [6.45, 7) is 2.96. The molecule has 0 aliphatic rings. The predicted molar refractivity (Wildman–Crippen MR) is 193 cm³/mol. The van der Waals surface area contributed by atoms with Crippen LogP contribution >= 0.6 is 0 Å². The number of H-pyrrole nitrogens is 1. The smallest absolute Gasteiger partial charge is 0.277 e. The second-order valence-corrected chi connectivity index (χ2v) is 13.0. The number of aliphatic hydroxyl groups is 10. The molecule has 0 unspecified atom stereocenters. The van der Waals surface area contributed by atoms with Crippen molar-refractivity contribution in [3.05, 3.63) is 36.3 Å². The molecule has 20 nitrogen and oxygen atoms in total. The topological polar surface area (TPSA) is 311 Å². The highest BCUT2D eigenvalue weighted by Gasteiger charge is 2.34. The number of aliphatic hydroxyl groups excluding tert-OH is 10. The number of hydrogen-bond donors (Lipinski definition) is 12. The number of carbonyl (C=O) groups is 1. The van der Waals surface area contributed by atoms with Gasteiger partial charge in [-0.1, -0.05) is 0 Å². The molecule has 8 atom stereocenters. The Hall–Kier alpha value is -4.06. The summed E-state index contributed by atoms with van der Waals surface area (Å²) < 4.78 is 10.2. The van der Waals surface area contributed by atoms with E-state index in [0.29, 0.717) is 36.4 Å². The van der Waals surface area contributed by atoms with Crippen LogP contribution in [-0.2, 0) is 24.4 Å². The number of nitrogens with one attached hydrogen (secondary N) is 1. The highest BCUT2D eigenvalue weighted by Crippen LogP contribution is 2.26. The van der Waals surface area contributed by atoms with E-state index in [4.69, 9.17) is 20.7 Å². The first-order valence-electron chi connectivity index (χ1n) is 17.7. The standard InChI is InChI=1S/C34H53N8O12/c1-3-41-21-7-6-19(12-22(21)42(4-2)27(41)15-40(18-45)34-32(35)38-33-20(37-34)8-9-36-33)54-11-5-10-39(13-23(46)28(50)30(52)25(48)16-43)14-24(47)29(51)31(53)26(49)17-44/h6-9,12,18,23-26,28-31,43-44,46-53H,3-5,10-11,13-17H2,1-2H3,(H3,35,36,38)/q+1/t23-,24-,25+,26+,28+,29+,30+,31+/m0/s1. The van der Waals surface area contributed by atoms with Crippen LogP contribution in [0, 0.1) is 0 Å². The lowest BCUT2D eigenvalue weighted by atomic mass is 10.0. The van der Waals surface area contributed by atoms with E-state index in [1.54, 1.807) is 18.3 Å². The Morgan fingerprint density at radius 1 is 0.907 bits per heavy atom. The van der Waals surface area contributed by atoms with E-state index in [9.17, 15) is 45.6 Å². The second kappa shape index (κ2) is 19.5. The number of fused-ring (bicyclic) bond motifs is 2. The number of imidazole rings is 1.